The second-order valence-corrected chi connectivity index (χ2v) is 4.47. The molecule has 0 bridgehead atoms. The highest BCUT2D eigenvalue weighted by atomic mass is 16.3. The molecule has 1 aromatic carbocycles. The Hall–Kier alpha value is -2.54. The summed E-state index contributed by atoms with van der Waals surface area (Å²) in [5, 5.41) is 12.7. The molecule has 0 unspecified atom stereocenters. The van der Waals surface area contributed by atoms with E-state index in [2.05, 4.69) is 5.32 Å². The van der Waals surface area contributed by atoms with E-state index in [4.69, 9.17) is 9.68 Å². The standard InChI is InChI=1S/C16H16N2O2/c1-2-3-8-18-16(19)13(11-17)10-14-9-12-6-4-5-7-15(12)20-14/h4-7,9-10H,2-3,8H2,1H3,(H,18,19)/b13-10+. The van der Waals surface area contributed by atoms with E-state index in [0.717, 1.165) is 23.8 Å². The monoisotopic (exact) mass is 268 g/mol. The fourth-order valence-corrected chi connectivity index (χ4v) is 1.84. The molecule has 20 heavy (non-hydrogen) atoms. The highest BCUT2D eigenvalue weighted by Crippen LogP contribution is 2.20. The fraction of sp³-hybridized carbons (Fsp3) is 0.250. The molecule has 0 spiro atoms. The van der Waals surface area contributed by atoms with Crippen molar-refractivity contribution in [3.05, 3.63) is 41.7 Å². The van der Waals surface area contributed by atoms with Gasteiger partial charge in [-0.1, -0.05) is 31.5 Å². The lowest BCUT2D eigenvalue weighted by Crippen LogP contribution is -2.25. The van der Waals surface area contributed by atoms with Gasteiger partial charge in [0.15, 0.2) is 0 Å². The van der Waals surface area contributed by atoms with Crippen LogP contribution in [0.3, 0.4) is 0 Å². The quantitative estimate of drug-likeness (QED) is 0.514. The van der Waals surface area contributed by atoms with Gasteiger partial charge < -0.3 is 9.73 Å². The summed E-state index contributed by atoms with van der Waals surface area (Å²) in [6, 6.07) is 11.3. The van der Waals surface area contributed by atoms with E-state index in [0.29, 0.717) is 12.3 Å². The van der Waals surface area contributed by atoms with Gasteiger partial charge in [0.2, 0.25) is 0 Å². The van der Waals surface area contributed by atoms with Crippen LogP contribution in [0.5, 0.6) is 0 Å². The third-order valence-electron chi connectivity index (χ3n) is 2.91. The number of furan rings is 1. The number of nitrogens with zero attached hydrogens (tertiary/aromatic N) is 1. The van der Waals surface area contributed by atoms with E-state index >= 15 is 0 Å². The molecule has 4 heteroatoms. The zero-order chi connectivity index (χ0) is 14.4. The normalized spacial score (nSPS) is 11.3. The van der Waals surface area contributed by atoms with Gasteiger partial charge in [0, 0.05) is 18.0 Å². The van der Waals surface area contributed by atoms with E-state index in [9.17, 15) is 4.79 Å². The van der Waals surface area contributed by atoms with Crippen molar-refractivity contribution in [2.45, 2.75) is 19.8 Å². The first-order valence-electron chi connectivity index (χ1n) is 6.63. The largest absolute Gasteiger partial charge is 0.457 e. The van der Waals surface area contributed by atoms with Gasteiger partial charge in [-0.3, -0.25) is 4.79 Å². The molecule has 0 saturated carbocycles. The number of carbonyl (C=O) groups excluding carboxylic acids is 1. The van der Waals surface area contributed by atoms with Crippen molar-refractivity contribution in [1.29, 1.82) is 5.26 Å². The zero-order valence-electron chi connectivity index (χ0n) is 11.3. The minimum absolute atomic E-state index is 0.0557. The average molecular weight is 268 g/mol. The maximum atomic E-state index is 11.8. The Bertz CT molecular complexity index is 644. The summed E-state index contributed by atoms with van der Waals surface area (Å²) in [6.07, 6.45) is 3.37. The van der Waals surface area contributed by atoms with Gasteiger partial charge in [-0.15, -0.1) is 0 Å². The Morgan fingerprint density at radius 2 is 2.25 bits per heavy atom. The number of amides is 1. The second-order valence-electron chi connectivity index (χ2n) is 4.47. The molecule has 2 rings (SSSR count). The van der Waals surface area contributed by atoms with Gasteiger partial charge in [-0.25, -0.2) is 0 Å². The van der Waals surface area contributed by atoms with Crippen LogP contribution in [0.15, 0.2) is 40.3 Å². The fourth-order valence-electron chi connectivity index (χ4n) is 1.84. The molecule has 4 nitrogen and oxygen atoms in total. The van der Waals surface area contributed by atoms with Crippen LogP contribution in [0.4, 0.5) is 0 Å². The highest BCUT2D eigenvalue weighted by molar-refractivity contribution is 6.01. The molecule has 0 aliphatic rings. The Morgan fingerprint density at radius 3 is 2.95 bits per heavy atom. The molecular weight excluding hydrogens is 252 g/mol. The Labute approximate surface area is 117 Å². The van der Waals surface area contributed by atoms with Crippen LogP contribution in [0.2, 0.25) is 0 Å². The van der Waals surface area contributed by atoms with E-state index < -0.39 is 0 Å². The van der Waals surface area contributed by atoms with E-state index in [1.807, 2.05) is 43.3 Å². The molecule has 2 aromatic rings. The van der Waals surface area contributed by atoms with Crippen molar-refractivity contribution in [1.82, 2.24) is 5.32 Å². The summed E-state index contributed by atoms with van der Waals surface area (Å²) in [7, 11) is 0. The molecule has 0 aliphatic heterocycles. The van der Waals surface area contributed by atoms with Gasteiger partial charge in [-0.05, 0) is 18.6 Å². The highest BCUT2D eigenvalue weighted by Gasteiger charge is 2.10. The predicted molar refractivity (Wildman–Crippen MR) is 77.7 cm³/mol. The number of benzene rings is 1. The number of hydrogen-bond acceptors (Lipinski definition) is 3. The molecule has 1 amide bonds. The van der Waals surface area contributed by atoms with Gasteiger partial charge in [0.25, 0.3) is 5.91 Å². The summed E-state index contributed by atoms with van der Waals surface area (Å²) in [5.74, 6) is 0.148. The maximum Gasteiger partial charge on any atom is 0.262 e. The molecule has 0 atom stereocenters. The van der Waals surface area contributed by atoms with Crippen molar-refractivity contribution < 1.29 is 9.21 Å². The SMILES string of the molecule is CCCCNC(=O)/C(C#N)=C/c1cc2ccccc2o1. The topological polar surface area (TPSA) is 66.0 Å². The van der Waals surface area contributed by atoms with Crippen LogP contribution in [0.25, 0.3) is 17.0 Å². The van der Waals surface area contributed by atoms with Crippen LogP contribution < -0.4 is 5.32 Å². The summed E-state index contributed by atoms with van der Waals surface area (Å²) in [5.41, 5.74) is 0.794. The van der Waals surface area contributed by atoms with E-state index in [1.165, 1.54) is 6.08 Å². The van der Waals surface area contributed by atoms with Crippen LogP contribution in [-0.2, 0) is 4.79 Å². The molecule has 1 aromatic heterocycles. The molecule has 0 radical (unpaired) electrons. The third kappa shape index (κ3) is 3.27. The minimum Gasteiger partial charge on any atom is -0.457 e. The Kier molecular flexibility index (Phi) is 4.56. The minimum atomic E-state index is -0.360. The van der Waals surface area contributed by atoms with E-state index in [1.54, 1.807) is 0 Å². The number of carbonyl (C=O) groups is 1. The molecular formula is C16H16N2O2. The van der Waals surface area contributed by atoms with Crippen molar-refractivity contribution in [2.24, 2.45) is 0 Å². The lowest BCUT2D eigenvalue weighted by molar-refractivity contribution is -0.117. The third-order valence-corrected chi connectivity index (χ3v) is 2.91. The van der Waals surface area contributed by atoms with Crippen LogP contribution >= 0.6 is 0 Å². The predicted octanol–water partition coefficient (Wildman–Crippen LogP) is 3.26. The van der Waals surface area contributed by atoms with Crippen LogP contribution in [0, 0.1) is 11.3 Å². The van der Waals surface area contributed by atoms with Crippen molar-refractivity contribution in [3.8, 4) is 6.07 Å². The van der Waals surface area contributed by atoms with Gasteiger partial charge >= 0.3 is 0 Å². The van der Waals surface area contributed by atoms with Crippen LogP contribution in [-0.4, -0.2) is 12.5 Å². The van der Waals surface area contributed by atoms with E-state index in [-0.39, 0.29) is 11.5 Å². The van der Waals surface area contributed by atoms with Crippen molar-refractivity contribution in [3.63, 3.8) is 0 Å². The van der Waals surface area contributed by atoms with Gasteiger partial charge in [0.05, 0.1) is 0 Å². The number of fused-ring (bicyclic) bond motifs is 1. The first kappa shape index (κ1) is 13.9. The van der Waals surface area contributed by atoms with Crippen LogP contribution in [0.1, 0.15) is 25.5 Å². The number of rotatable bonds is 5. The molecule has 1 N–H and O–H groups in total. The lowest BCUT2D eigenvalue weighted by Gasteiger charge is -2.01. The maximum absolute atomic E-state index is 11.8. The molecule has 0 saturated heterocycles. The van der Waals surface area contributed by atoms with Gasteiger partial charge in [-0.2, -0.15) is 5.26 Å². The summed E-state index contributed by atoms with van der Waals surface area (Å²) < 4.78 is 5.57. The summed E-state index contributed by atoms with van der Waals surface area (Å²) in [6.45, 7) is 2.62. The lowest BCUT2D eigenvalue weighted by atomic mass is 10.2. The molecule has 102 valence electrons. The number of hydrogen-bond donors (Lipinski definition) is 1. The first-order chi connectivity index (χ1) is 9.74. The number of nitriles is 1. The van der Waals surface area contributed by atoms with Gasteiger partial charge in [0.1, 0.15) is 23.0 Å². The number of nitrogens with one attached hydrogen (secondary N) is 1. The van der Waals surface area contributed by atoms with Crippen molar-refractivity contribution in [2.75, 3.05) is 6.54 Å². The Balaban J connectivity index is 2.18. The molecule has 1 heterocycles. The molecule has 0 fully saturated rings. The number of unbranched alkanes of at least 4 members (excludes halogenated alkanes) is 1. The smallest absolute Gasteiger partial charge is 0.262 e. The first-order valence-corrected chi connectivity index (χ1v) is 6.63. The summed E-state index contributed by atoms with van der Waals surface area (Å²) in [4.78, 5) is 11.8. The summed E-state index contributed by atoms with van der Waals surface area (Å²) >= 11 is 0. The number of para-hydroxylation sites is 1. The Morgan fingerprint density at radius 1 is 1.45 bits per heavy atom. The average Bonchev–Trinajstić information content (AvgIpc) is 2.87. The second kappa shape index (κ2) is 6.58. The zero-order valence-corrected chi connectivity index (χ0v) is 11.3. The molecule has 0 aliphatic carbocycles. The van der Waals surface area contributed by atoms with Crippen molar-refractivity contribution >= 4 is 23.0 Å².